The molecule has 4 rings (SSSR count). The summed E-state index contributed by atoms with van der Waals surface area (Å²) in [5, 5.41) is 9.83. The number of ether oxygens (including phenoxy) is 2. The van der Waals surface area contributed by atoms with Crippen molar-refractivity contribution in [3.05, 3.63) is 53.1 Å². The number of hydrogen-bond acceptors (Lipinski definition) is 7. The largest absolute Gasteiger partial charge is 0.497 e. The average molecular weight is 525 g/mol. The Morgan fingerprint density at radius 3 is 2.61 bits per heavy atom. The number of pyridine rings is 1. The van der Waals surface area contributed by atoms with Crippen molar-refractivity contribution < 1.29 is 23.5 Å². The SMILES string of the molecule is CNC(=O)C(CC(C)C)Nc1nc(-c2cnn(C)c2)c2c(c1F)CN(Cc1ccc(OC)cc1OC)C2=O. The lowest BCUT2D eigenvalue weighted by atomic mass is 10.0. The molecule has 1 aliphatic rings. The first-order valence-corrected chi connectivity index (χ1v) is 12.4. The number of aromatic nitrogens is 3. The monoisotopic (exact) mass is 524 g/mol. The average Bonchev–Trinajstić information content (AvgIpc) is 3.48. The summed E-state index contributed by atoms with van der Waals surface area (Å²) in [4.78, 5) is 32.3. The lowest BCUT2D eigenvalue weighted by Crippen LogP contribution is -2.39. The number of rotatable bonds is 10. The molecule has 1 aromatic carbocycles. The Morgan fingerprint density at radius 1 is 1.24 bits per heavy atom. The maximum absolute atomic E-state index is 16.0. The Balaban J connectivity index is 1.76. The van der Waals surface area contributed by atoms with Gasteiger partial charge in [0.25, 0.3) is 5.91 Å². The van der Waals surface area contributed by atoms with Crippen LogP contribution in [-0.4, -0.2) is 58.8 Å². The molecule has 0 saturated heterocycles. The standard InChI is InChI=1S/C27H33FN6O4/c1-15(2)9-20(26(35)29-3)31-25-23(28)19-14-34(13-16-7-8-18(37-5)10-21(16)38-6)27(36)22(19)24(32-25)17-11-30-33(4)12-17/h7-8,10-12,15,20H,9,13-14H2,1-6H3,(H,29,35)(H,31,32). The van der Waals surface area contributed by atoms with Gasteiger partial charge in [0.05, 0.1) is 38.2 Å². The van der Waals surface area contributed by atoms with E-state index in [1.165, 1.54) is 7.05 Å². The fourth-order valence-corrected chi connectivity index (χ4v) is 4.62. The van der Waals surface area contributed by atoms with Crippen molar-refractivity contribution in [2.75, 3.05) is 26.6 Å². The van der Waals surface area contributed by atoms with E-state index >= 15 is 4.39 Å². The Morgan fingerprint density at radius 2 is 2.00 bits per heavy atom. The molecule has 1 unspecified atom stereocenters. The molecule has 2 amide bonds. The summed E-state index contributed by atoms with van der Waals surface area (Å²) in [5.74, 6) is 0.0162. The Hall–Kier alpha value is -4.15. The molecule has 11 heteroatoms. The van der Waals surface area contributed by atoms with Crippen molar-refractivity contribution in [2.45, 2.75) is 39.4 Å². The van der Waals surface area contributed by atoms with Crippen LogP contribution in [0.25, 0.3) is 11.3 Å². The van der Waals surface area contributed by atoms with Crippen molar-refractivity contribution in [3.63, 3.8) is 0 Å². The highest BCUT2D eigenvalue weighted by Crippen LogP contribution is 2.37. The van der Waals surface area contributed by atoms with Gasteiger partial charge in [0.15, 0.2) is 11.6 Å². The number of benzene rings is 1. The summed E-state index contributed by atoms with van der Waals surface area (Å²) in [5.41, 5.74) is 2.05. The zero-order valence-corrected chi connectivity index (χ0v) is 22.5. The van der Waals surface area contributed by atoms with Crippen LogP contribution in [0.15, 0.2) is 30.6 Å². The number of nitrogens with zero attached hydrogens (tertiary/aromatic N) is 4. The number of nitrogens with one attached hydrogen (secondary N) is 2. The van der Waals surface area contributed by atoms with E-state index in [1.54, 1.807) is 55.4 Å². The quantitative estimate of drug-likeness (QED) is 0.418. The second kappa shape index (κ2) is 11.1. The maximum Gasteiger partial charge on any atom is 0.257 e. The Labute approximate surface area is 221 Å². The van der Waals surface area contributed by atoms with Crippen molar-refractivity contribution in [2.24, 2.45) is 13.0 Å². The van der Waals surface area contributed by atoms with Crippen molar-refractivity contribution in [3.8, 4) is 22.8 Å². The maximum atomic E-state index is 16.0. The molecular weight excluding hydrogens is 491 g/mol. The predicted molar refractivity (Wildman–Crippen MR) is 140 cm³/mol. The van der Waals surface area contributed by atoms with Gasteiger partial charge in [-0.25, -0.2) is 9.37 Å². The van der Waals surface area contributed by atoms with E-state index in [0.29, 0.717) is 29.2 Å². The van der Waals surface area contributed by atoms with E-state index in [1.807, 2.05) is 19.9 Å². The summed E-state index contributed by atoms with van der Waals surface area (Å²) >= 11 is 0. The first-order valence-electron chi connectivity index (χ1n) is 12.4. The van der Waals surface area contributed by atoms with Gasteiger partial charge in [0.1, 0.15) is 17.5 Å². The lowest BCUT2D eigenvalue weighted by molar-refractivity contribution is -0.121. The molecule has 0 spiro atoms. The minimum atomic E-state index is -0.696. The zero-order chi connectivity index (χ0) is 27.6. The number of anilines is 1. The van der Waals surface area contributed by atoms with Gasteiger partial charge in [0, 0.05) is 49.6 Å². The lowest BCUT2D eigenvalue weighted by Gasteiger charge is -2.21. The number of hydrogen-bond donors (Lipinski definition) is 2. The highest BCUT2D eigenvalue weighted by Gasteiger charge is 2.37. The third-order valence-electron chi connectivity index (χ3n) is 6.50. The second-order valence-corrected chi connectivity index (χ2v) is 9.66. The van der Waals surface area contributed by atoms with Gasteiger partial charge in [-0.15, -0.1) is 0 Å². The number of likely N-dealkylation sites (N-methyl/N-ethyl adjacent to an activating group) is 1. The highest BCUT2D eigenvalue weighted by atomic mass is 19.1. The molecule has 0 saturated carbocycles. The van der Waals surface area contributed by atoms with Crippen LogP contribution in [0.3, 0.4) is 0 Å². The minimum absolute atomic E-state index is 0.0362. The van der Waals surface area contributed by atoms with E-state index in [9.17, 15) is 9.59 Å². The molecule has 0 bridgehead atoms. The molecule has 0 fully saturated rings. The third-order valence-corrected chi connectivity index (χ3v) is 6.50. The van der Waals surface area contributed by atoms with Gasteiger partial charge in [-0.1, -0.05) is 13.8 Å². The Bertz CT molecular complexity index is 1360. The number of carbonyl (C=O) groups is 2. The van der Waals surface area contributed by atoms with Gasteiger partial charge in [-0.05, 0) is 24.5 Å². The number of halogens is 1. The molecular formula is C27H33FN6O4. The predicted octanol–water partition coefficient (Wildman–Crippen LogP) is 3.37. The molecule has 3 heterocycles. The number of carbonyl (C=O) groups excluding carboxylic acids is 2. The summed E-state index contributed by atoms with van der Waals surface area (Å²) in [7, 11) is 6.39. The number of fused-ring (bicyclic) bond motifs is 1. The van der Waals surface area contributed by atoms with Crippen LogP contribution in [-0.2, 0) is 24.9 Å². The van der Waals surface area contributed by atoms with Crippen LogP contribution >= 0.6 is 0 Å². The van der Waals surface area contributed by atoms with Crippen LogP contribution in [0.4, 0.5) is 10.2 Å². The first kappa shape index (κ1) is 26.9. The molecule has 2 aromatic heterocycles. The van der Waals surface area contributed by atoms with E-state index in [0.717, 1.165) is 5.56 Å². The van der Waals surface area contributed by atoms with Crippen LogP contribution < -0.4 is 20.1 Å². The van der Waals surface area contributed by atoms with E-state index < -0.39 is 11.9 Å². The second-order valence-electron chi connectivity index (χ2n) is 9.66. The molecule has 0 aliphatic carbocycles. The van der Waals surface area contributed by atoms with Gasteiger partial charge in [-0.2, -0.15) is 5.10 Å². The fourth-order valence-electron chi connectivity index (χ4n) is 4.62. The smallest absolute Gasteiger partial charge is 0.257 e. The molecule has 1 aliphatic heterocycles. The van der Waals surface area contributed by atoms with E-state index in [4.69, 9.17) is 9.47 Å². The van der Waals surface area contributed by atoms with Crippen LogP contribution in [0, 0.1) is 11.7 Å². The molecule has 10 nitrogen and oxygen atoms in total. The first-order chi connectivity index (χ1) is 18.2. The molecule has 202 valence electrons. The van der Waals surface area contributed by atoms with E-state index in [2.05, 4.69) is 20.7 Å². The van der Waals surface area contributed by atoms with Gasteiger partial charge in [-0.3, -0.25) is 14.3 Å². The van der Waals surface area contributed by atoms with Crippen molar-refractivity contribution in [1.29, 1.82) is 0 Å². The molecule has 1 atom stereocenters. The molecule has 3 aromatic rings. The third kappa shape index (κ3) is 5.27. The summed E-state index contributed by atoms with van der Waals surface area (Å²) in [6.07, 6.45) is 3.77. The van der Waals surface area contributed by atoms with Crippen molar-refractivity contribution in [1.82, 2.24) is 25.0 Å². The minimum Gasteiger partial charge on any atom is -0.497 e. The summed E-state index contributed by atoms with van der Waals surface area (Å²) < 4.78 is 28.3. The normalized spacial score (nSPS) is 13.5. The molecule has 0 radical (unpaired) electrons. The fraction of sp³-hybridized carbons (Fsp3) is 0.407. The van der Waals surface area contributed by atoms with Crippen molar-refractivity contribution >= 4 is 17.6 Å². The van der Waals surface area contributed by atoms with Gasteiger partial charge in [0.2, 0.25) is 5.91 Å². The zero-order valence-electron chi connectivity index (χ0n) is 22.5. The Kier molecular flexibility index (Phi) is 7.84. The molecule has 38 heavy (non-hydrogen) atoms. The summed E-state index contributed by atoms with van der Waals surface area (Å²) in [6, 6.07) is 4.64. The van der Waals surface area contributed by atoms with Crippen LogP contribution in [0.2, 0.25) is 0 Å². The number of methoxy groups -OCH3 is 2. The number of amides is 2. The molecule has 2 N–H and O–H groups in total. The van der Waals surface area contributed by atoms with E-state index in [-0.39, 0.29) is 47.8 Å². The van der Waals surface area contributed by atoms with Crippen LogP contribution in [0.1, 0.15) is 41.8 Å². The van der Waals surface area contributed by atoms with Gasteiger partial charge >= 0.3 is 0 Å². The van der Waals surface area contributed by atoms with Gasteiger partial charge < -0.3 is 25.0 Å². The topological polar surface area (TPSA) is 111 Å². The number of aryl methyl sites for hydroxylation is 1. The highest BCUT2D eigenvalue weighted by molar-refractivity contribution is 6.04. The summed E-state index contributed by atoms with van der Waals surface area (Å²) in [6.45, 7) is 4.20. The van der Waals surface area contributed by atoms with Crippen LogP contribution in [0.5, 0.6) is 11.5 Å².